The number of anilines is 2. The maximum atomic E-state index is 13.5. The van der Waals surface area contributed by atoms with Crippen molar-refractivity contribution in [3.8, 4) is 0 Å². The van der Waals surface area contributed by atoms with Crippen LogP contribution >= 0.6 is 0 Å². The number of amides is 4. The second-order valence-electron chi connectivity index (χ2n) is 8.72. The normalized spacial score (nSPS) is 16.3. The van der Waals surface area contributed by atoms with Crippen LogP contribution in [0.3, 0.4) is 0 Å². The van der Waals surface area contributed by atoms with E-state index in [-0.39, 0.29) is 24.1 Å². The molecule has 168 valence electrons. The number of nitrogens with zero attached hydrogens (tertiary/aromatic N) is 2. The fraction of sp³-hybridized carbons (Fsp3) is 0.360. The van der Waals surface area contributed by atoms with Crippen molar-refractivity contribution in [2.45, 2.75) is 59.0 Å². The predicted octanol–water partition coefficient (Wildman–Crippen LogP) is 3.92. The molecule has 7 nitrogen and oxygen atoms in total. The van der Waals surface area contributed by atoms with E-state index in [4.69, 9.17) is 0 Å². The molecule has 0 spiro atoms. The topological polar surface area (TPSA) is 86.8 Å². The van der Waals surface area contributed by atoms with Crippen molar-refractivity contribution in [1.82, 2.24) is 4.90 Å². The lowest BCUT2D eigenvalue weighted by Gasteiger charge is -2.41. The summed E-state index contributed by atoms with van der Waals surface area (Å²) in [6, 6.07) is 12.8. The quantitative estimate of drug-likeness (QED) is 0.697. The first kappa shape index (κ1) is 23.2. The number of rotatable bonds is 6. The molecule has 0 aliphatic carbocycles. The second kappa shape index (κ2) is 8.94. The first-order valence-corrected chi connectivity index (χ1v) is 10.7. The Morgan fingerprint density at radius 1 is 1.06 bits per heavy atom. The third kappa shape index (κ3) is 4.56. The molecule has 1 aliphatic heterocycles. The summed E-state index contributed by atoms with van der Waals surface area (Å²) in [4.78, 5) is 53.7. The molecule has 4 amide bonds. The molecule has 0 bridgehead atoms. The van der Waals surface area contributed by atoms with E-state index >= 15 is 0 Å². The van der Waals surface area contributed by atoms with Crippen LogP contribution < -0.4 is 10.2 Å². The summed E-state index contributed by atoms with van der Waals surface area (Å²) in [6.45, 7) is 9.11. The van der Waals surface area contributed by atoms with Crippen molar-refractivity contribution in [3.63, 3.8) is 0 Å². The first-order chi connectivity index (χ1) is 15.0. The number of carbonyl (C=O) groups is 4. The molecule has 3 rings (SSSR count). The summed E-state index contributed by atoms with van der Waals surface area (Å²) in [5.41, 5.74) is 1.86. The third-order valence-corrected chi connectivity index (χ3v) is 5.92. The summed E-state index contributed by atoms with van der Waals surface area (Å²) >= 11 is 0. The van der Waals surface area contributed by atoms with Crippen LogP contribution in [0.2, 0.25) is 0 Å². The van der Waals surface area contributed by atoms with Gasteiger partial charge in [0.25, 0.3) is 11.8 Å². The zero-order valence-electron chi connectivity index (χ0n) is 19.1. The van der Waals surface area contributed by atoms with Gasteiger partial charge < -0.3 is 10.2 Å². The van der Waals surface area contributed by atoms with Crippen LogP contribution in [0.5, 0.6) is 0 Å². The lowest BCUT2D eigenvalue weighted by atomic mass is 9.94. The van der Waals surface area contributed by atoms with Gasteiger partial charge in [0, 0.05) is 23.7 Å². The van der Waals surface area contributed by atoms with Gasteiger partial charge in [0.05, 0.1) is 12.1 Å². The number of aryl methyl sites for hydroxylation is 1. The van der Waals surface area contributed by atoms with E-state index in [0.29, 0.717) is 23.4 Å². The van der Waals surface area contributed by atoms with Gasteiger partial charge >= 0.3 is 0 Å². The zero-order chi connectivity index (χ0) is 23.6. The summed E-state index contributed by atoms with van der Waals surface area (Å²) < 4.78 is 0. The van der Waals surface area contributed by atoms with E-state index < -0.39 is 17.5 Å². The van der Waals surface area contributed by atoms with Crippen molar-refractivity contribution in [2.75, 3.05) is 10.2 Å². The van der Waals surface area contributed by atoms with Crippen LogP contribution in [0.4, 0.5) is 11.4 Å². The molecule has 2 aromatic rings. The van der Waals surface area contributed by atoms with E-state index in [9.17, 15) is 19.2 Å². The van der Waals surface area contributed by atoms with Gasteiger partial charge in [-0.05, 0) is 63.6 Å². The molecule has 0 saturated carbocycles. The average molecular weight is 436 g/mol. The van der Waals surface area contributed by atoms with Crippen LogP contribution in [-0.2, 0) is 14.4 Å². The van der Waals surface area contributed by atoms with Crippen molar-refractivity contribution in [3.05, 3.63) is 59.7 Å². The molecule has 1 atom stereocenters. The van der Waals surface area contributed by atoms with Crippen LogP contribution in [0.15, 0.2) is 48.5 Å². The highest BCUT2D eigenvalue weighted by Gasteiger charge is 2.48. The highest BCUT2D eigenvalue weighted by Crippen LogP contribution is 2.33. The van der Waals surface area contributed by atoms with E-state index in [1.54, 1.807) is 41.3 Å². The monoisotopic (exact) mass is 435 g/mol. The molecule has 2 aromatic carbocycles. The van der Waals surface area contributed by atoms with Gasteiger partial charge in [-0.2, -0.15) is 0 Å². The van der Waals surface area contributed by atoms with E-state index in [0.717, 1.165) is 10.5 Å². The largest absolute Gasteiger partial charge is 0.326 e. The minimum Gasteiger partial charge on any atom is -0.326 e. The molecule has 1 saturated heterocycles. The minimum absolute atomic E-state index is 0.0761. The summed E-state index contributed by atoms with van der Waals surface area (Å²) in [5.74, 6) is -1.27. The molecule has 1 heterocycles. The van der Waals surface area contributed by atoms with Crippen molar-refractivity contribution in [1.29, 1.82) is 0 Å². The maximum Gasteiger partial charge on any atom is 0.257 e. The smallest absolute Gasteiger partial charge is 0.257 e. The summed E-state index contributed by atoms with van der Waals surface area (Å²) in [6.07, 6.45) is 0.543. The van der Waals surface area contributed by atoms with Crippen molar-refractivity contribution >= 4 is 35.0 Å². The first-order valence-electron chi connectivity index (χ1n) is 10.7. The standard InChI is InChI=1S/C25H29N3O4/c1-6-25(4,5)28(23(31)18-9-7-16(2)8-10-18)21-15-22(30)27(24(21)32)20-13-11-19(12-14-20)26-17(3)29/h7-14,21H,6,15H2,1-5H3,(H,26,29). The van der Waals surface area contributed by atoms with Crippen LogP contribution in [0, 0.1) is 6.92 Å². The Hall–Kier alpha value is -3.48. The molecular formula is C25H29N3O4. The Kier molecular flexibility index (Phi) is 6.48. The number of hydrogen-bond acceptors (Lipinski definition) is 4. The molecule has 32 heavy (non-hydrogen) atoms. The Morgan fingerprint density at radius 3 is 2.19 bits per heavy atom. The van der Waals surface area contributed by atoms with Crippen molar-refractivity contribution in [2.24, 2.45) is 0 Å². The van der Waals surface area contributed by atoms with E-state index in [1.165, 1.54) is 6.92 Å². The van der Waals surface area contributed by atoms with Gasteiger partial charge in [-0.15, -0.1) is 0 Å². The zero-order valence-corrected chi connectivity index (χ0v) is 19.1. The van der Waals surface area contributed by atoms with Gasteiger partial charge in [-0.3, -0.25) is 19.2 Å². The Labute approximate surface area is 188 Å². The lowest BCUT2D eigenvalue weighted by molar-refractivity contribution is -0.123. The van der Waals surface area contributed by atoms with Gasteiger partial charge in [0.1, 0.15) is 6.04 Å². The molecule has 7 heteroatoms. The van der Waals surface area contributed by atoms with Gasteiger partial charge in [0.15, 0.2) is 0 Å². The Morgan fingerprint density at radius 2 is 1.66 bits per heavy atom. The fourth-order valence-corrected chi connectivity index (χ4v) is 3.83. The molecule has 1 aliphatic rings. The molecule has 0 radical (unpaired) electrons. The Balaban J connectivity index is 1.94. The molecule has 1 N–H and O–H groups in total. The SMILES string of the molecule is CCC(C)(C)N(C(=O)c1ccc(C)cc1)C1CC(=O)N(c2ccc(NC(C)=O)cc2)C1=O. The molecule has 1 unspecified atom stereocenters. The number of hydrogen-bond donors (Lipinski definition) is 1. The number of nitrogens with one attached hydrogen (secondary N) is 1. The van der Waals surface area contributed by atoms with Gasteiger partial charge in [0.2, 0.25) is 11.8 Å². The Bertz CT molecular complexity index is 1040. The summed E-state index contributed by atoms with van der Waals surface area (Å²) in [7, 11) is 0. The maximum absolute atomic E-state index is 13.5. The van der Waals surface area contributed by atoms with Crippen molar-refractivity contribution < 1.29 is 19.2 Å². The fourth-order valence-electron chi connectivity index (χ4n) is 3.83. The molecule has 0 aromatic heterocycles. The number of benzene rings is 2. The van der Waals surface area contributed by atoms with E-state index in [1.807, 2.05) is 39.8 Å². The lowest BCUT2D eigenvalue weighted by Crippen LogP contribution is -2.55. The average Bonchev–Trinajstić information content (AvgIpc) is 3.02. The number of carbonyl (C=O) groups excluding carboxylic acids is 4. The highest BCUT2D eigenvalue weighted by molar-refractivity contribution is 6.23. The second-order valence-corrected chi connectivity index (χ2v) is 8.72. The minimum atomic E-state index is -0.888. The highest BCUT2D eigenvalue weighted by atomic mass is 16.2. The summed E-state index contributed by atoms with van der Waals surface area (Å²) in [5, 5.41) is 2.66. The van der Waals surface area contributed by atoms with Crippen LogP contribution in [0.25, 0.3) is 0 Å². The number of imide groups is 1. The molecule has 1 fully saturated rings. The molecular weight excluding hydrogens is 406 g/mol. The third-order valence-electron chi connectivity index (χ3n) is 5.92. The predicted molar refractivity (Wildman–Crippen MR) is 123 cm³/mol. The van der Waals surface area contributed by atoms with Gasteiger partial charge in [-0.25, -0.2) is 4.90 Å². The van der Waals surface area contributed by atoms with Gasteiger partial charge in [-0.1, -0.05) is 24.6 Å². The van der Waals surface area contributed by atoms with Crippen LogP contribution in [0.1, 0.15) is 56.5 Å². The van der Waals surface area contributed by atoms with Crippen LogP contribution in [-0.4, -0.2) is 40.1 Å². The van der Waals surface area contributed by atoms with E-state index in [2.05, 4.69) is 5.32 Å².